The standard InChI is InChI=1S/C35H55N5O7/c1-5-8-28(39-33(45)47-20-19-46-18-17-37-40-36)38-29(42)10-7-6-9-22(2)24-11-12-25-30-26(14-16-34(24,25)3)35(4)15-13-23(41)21-27(35)31(43)32(30)44/h1,7,10,22-28,30-32,41,43-44H,6,8-9,11-21H2,2-4H3,(H,38,42)(H,39,45). The van der Waals surface area contributed by atoms with Gasteiger partial charge in [-0.05, 0) is 116 Å². The summed E-state index contributed by atoms with van der Waals surface area (Å²) in [4.78, 5) is 27.3. The molecule has 4 aliphatic rings. The van der Waals surface area contributed by atoms with Crippen LogP contribution >= 0.6 is 0 Å². The van der Waals surface area contributed by atoms with E-state index < -0.39 is 24.5 Å². The van der Waals surface area contributed by atoms with Crippen LogP contribution in [0, 0.1) is 58.7 Å². The van der Waals surface area contributed by atoms with Gasteiger partial charge in [0.2, 0.25) is 5.91 Å². The summed E-state index contributed by atoms with van der Waals surface area (Å²) in [6, 6.07) is 0. The molecule has 0 aromatic heterocycles. The van der Waals surface area contributed by atoms with Crippen LogP contribution in [0.25, 0.3) is 10.4 Å². The number of fused-ring (bicyclic) bond motifs is 5. The molecule has 262 valence electrons. The fraction of sp³-hybridized carbons (Fsp3) is 0.829. The summed E-state index contributed by atoms with van der Waals surface area (Å²) in [5.74, 6) is 3.80. The van der Waals surface area contributed by atoms with Crippen LogP contribution in [-0.4, -0.2) is 78.2 Å². The van der Waals surface area contributed by atoms with Gasteiger partial charge in [-0.2, -0.15) is 0 Å². The molecule has 4 aliphatic carbocycles. The Bertz CT molecular complexity index is 1200. The monoisotopic (exact) mass is 657 g/mol. The first-order valence-corrected chi connectivity index (χ1v) is 17.4. The summed E-state index contributed by atoms with van der Waals surface area (Å²) >= 11 is 0. The van der Waals surface area contributed by atoms with Crippen LogP contribution in [0.3, 0.4) is 0 Å². The van der Waals surface area contributed by atoms with E-state index in [9.17, 15) is 24.9 Å². The highest BCUT2D eigenvalue weighted by Gasteiger charge is 2.65. The molecule has 0 spiro atoms. The summed E-state index contributed by atoms with van der Waals surface area (Å²) in [5.41, 5.74) is 8.29. The number of hydrogen-bond acceptors (Lipinski definition) is 8. The van der Waals surface area contributed by atoms with Crippen LogP contribution in [0.15, 0.2) is 17.3 Å². The third kappa shape index (κ3) is 8.44. The molecule has 12 nitrogen and oxygen atoms in total. The number of amides is 2. The van der Waals surface area contributed by atoms with Gasteiger partial charge >= 0.3 is 6.09 Å². The molecule has 4 fully saturated rings. The van der Waals surface area contributed by atoms with Crippen LogP contribution in [0.4, 0.5) is 4.79 Å². The maximum atomic E-state index is 12.6. The predicted molar refractivity (Wildman–Crippen MR) is 176 cm³/mol. The molecule has 4 saturated carbocycles. The fourth-order valence-corrected chi connectivity index (χ4v) is 10.1. The van der Waals surface area contributed by atoms with Gasteiger partial charge < -0.3 is 35.4 Å². The molecule has 0 heterocycles. The number of aliphatic hydroxyl groups excluding tert-OH is 3. The lowest BCUT2D eigenvalue weighted by atomic mass is 9.43. The topological polar surface area (TPSA) is 186 Å². The number of nitrogens with zero attached hydrogens (tertiary/aromatic N) is 3. The molecular formula is C35H55N5O7. The van der Waals surface area contributed by atoms with Crippen molar-refractivity contribution < 1.29 is 34.4 Å². The normalized spacial score (nSPS) is 37.3. The first-order valence-electron chi connectivity index (χ1n) is 17.4. The van der Waals surface area contributed by atoms with Crippen molar-refractivity contribution >= 4 is 12.0 Å². The van der Waals surface area contributed by atoms with Crippen molar-refractivity contribution in [2.24, 2.45) is 51.5 Å². The summed E-state index contributed by atoms with van der Waals surface area (Å²) in [6.07, 6.45) is 13.7. The largest absolute Gasteiger partial charge is 0.447 e. The number of carbonyl (C=O) groups excluding carboxylic acids is 2. The number of allylic oxidation sites excluding steroid dienone is 1. The average molecular weight is 658 g/mol. The van der Waals surface area contributed by atoms with Gasteiger partial charge in [-0.25, -0.2) is 4.79 Å². The van der Waals surface area contributed by atoms with Crippen molar-refractivity contribution in [1.29, 1.82) is 0 Å². The van der Waals surface area contributed by atoms with E-state index in [1.165, 1.54) is 6.08 Å². The number of hydrogen-bond donors (Lipinski definition) is 5. The van der Waals surface area contributed by atoms with E-state index in [4.69, 9.17) is 21.4 Å². The minimum atomic E-state index is -0.787. The zero-order chi connectivity index (χ0) is 34.2. The molecule has 2 amide bonds. The Hall–Kier alpha value is -2.81. The fourth-order valence-electron chi connectivity index (χ4n) is 10.1. The number of ether oxygens (including phenoxy) is 2. The van der Waals surface area contributed by atoms with Crippen LogP contribution < -0.4 is 10.6 Å². The van der Waals surface area contributed by atoms with Crippen molar-refractivity contribution in [2.45, 2.75) is 109 Å². The highest BCUT2D eigenvalue weighted by Crippen LogP contribution is 2.68. The molecule has 4 rings (SSSR count). The lowest BCUT2D eigenvalue weighted by molar-refractivity contribution is -0.223. The number of azide groups is 1. The second kappa shape index (κ2) is 16.5. The number of aliphatic hydroxyl groups is 3. The van der Waals surface area contributed by atoms with E-state index in [-0.39, 0.29) is 67.5 Å². The first kappa shape index (κ1) is 37.0. The van der Waals surface area contributed by atoms with Crippen molar-refractivity contribution in [3.05, 3.63) is 22.6 Å². The second-order valence-electron chi connectivity index (χ2n) is 14.8. The number of nitrogens with one attached hydrogen (secondary N) is 2. The van der Waals surface area contributed by atoms with Crippen molar-refractivity contribution in [3.8, 4) is 12.3 Å². The molecule has 0 aromatic rings. The number of terminal acetylenes is 1. The lowest BCUT2D eigenvalue weighted by Gasteiger charge is -2.63. The summed E-state index contributed by atoms with van der Waals surface area (Å²) < 4.78 is 10.2. The molecule has 12 atom stereocenters. The van der Waals surface area contributed by atoms with Gasteiger partial charge in [-0.3, -0.25) is 4.79 Å². The molecule has 0 aromatic carbocycles. The maximum Gasteiger partial charge on any atom is 0.408 e. The molecule has 47 heavy (non-hydrogen) atoms. The SMILES string of the molecule is C#CCC(NC(=O)C=CCCC(C)C1CCC2C3C(O)C(O)C4CC(O)CCC4(C)C3CCC12C)NC(=O)OCCOCCN=[N+]=[N-]. The minimum Gasteiger partial charge on any atom is -0.447 e. The van der Waals surface area contributed by atoms with Gasteiger partial charge in [0.1, 0.15) is 12.8 Å². The molecule has 0 bridgehead atoms. The molecule has 0 aliphatic heterocycles. The summed E-state index contributed by atoms with van der Waals surface area (Å²) in [6.45, 7) is 7.56. The number of rotatable bonds is 14. The van der Waals surface area contributed by atoms with Gasteiger partial charge in [0.05, 0.1) is 31.5 Å². The third-order valence-corrected chi connectivity index (χ3v) is 12.3. The molecular weight excluding hydrogens is 602 g/mol. The van der Waals surface area contributed by atoms with Crippen LogP contribution in [0.5, 0.6) is 0 Å². The predicted octanol–water partition coefficient (Wildman–Crippen LogP) is 4.44. The third-order valence-electron chi connectivity index (χ3n) is 12.3. The Morgan fingerprint density at radius 2 is 1.79 bits per heavy atom. The minimum absolute atomic E-state index is 0.00762. The lowest BCUT2D eigenvalue weighted by Crippen LogP contribution is -2.64. The Morgan fingerprint density at radius 1 is 1.04 bits per heavy atom. The Morgan fingerprint density at radius 3 is 2.53 bits per heavy atom. The smallest absolute Gasteiger partial charge is 0.408 e. The molecule has 12 unspecified atom stereocenters. The zero-order valence-electron chi connectivity index (χ0n) is 28.2. The van der Waals surface area contributed by atoms with E-state index in [0.717, 1.165) is 51.4 Å². The van der Waals surface area contributed by atoms with E-state index >= 15 is 0 Å². The van der Waals surface area contributed by atoms with Gasteiger partial charge in [-0.15, -0.1) is 12.3 Å². The van der Waals surface area contributed by atoms with Crippen LogP contribution in [0.2, 0.25) is 0 Å². The van der Waals surface area contributed by atoms with Crippen molar-refractivity contribution in [2.75, 3.05) is 26.4 Å². The number of alkyl carbamates (subject to hydrolysis) is 1. The van der Waals surface area contributed by atoms with E-state index in [0.29, 0.717) is 30.1 Å². The van der Waals surface area contributed by atoms with Crippen LogP contribution in [-0.2, 0) is 14.3 Å². The molecule has 0 radical (unpaired) electrons. The second-order valence-corrected chi connectivity index (χ2v) is 14.8. The summed E-state index contributed by atoms with van der Waals surface area (Å²) in [5, 5.41) is 41.8. The van der Waals surface area contributed by atoms with E-state index in [1.807, 2.05) is 6.08 Å². The Kier molecular flexibility index (Phi) is 13.0. The first-order chi connectivity index (χ1) is 22.5. The van der Waals surface area contributed by atoms with Crippen LogP contribution in [0.1, 0.15) is 85.0 Å². The zero-order valence-corrected chi connectivity index (χ0v) is 28.2. The van der Waals surface area contributed by atoms with Gasteiger partial charge in [-0.1, -0.05) is 32.0 Å². The quantitative estimate of drug-likeness (QED) is 0.0347. The van der Waals surface area contributed by atoms with Crippen molar-refractivity contribution in [3.63, 3.8) is 0 Å². The molecule has 5 N–H and O–H groups in total. The van der Waals surface area contributed by atoms with Gasteiger partial charge in [0, 0.05) is 17.9 Å². The van der Waals surface area contributed by atoms with E-state index in [1.54, 1.807) is 0 Å². The molecule has 12 heteroatoms. The Balaban J connectivity index is 1.24. The maximum absolute atomic E-state index is 12.6. The average Bonchev–Trinajstić information content (AvgIpc) is 3.39. The van der Waals surface area contributed by atoms with Gasteiger partial charge in [0.25, 0.3) is 0 Å². The van der Waals surface area contributed by atoms with E-state index in [2.05, 4.69) is 47.4 Å². The highest BCUT2D eigenvalue weighted by molar-refractivity contribution is 5.88. The Labute approximate surface area is 279 Å². The van der Waals surface area contributed by atoms with Crippen molar-refractivity contribution in [1.82, 2.24) is 10.6 Å². The summed E-state index contributed by atoms with van der Waals surface area (Å²) in [7, 11) is 0. The highest BCUT2D eigenvalue weighted by atomic mass is 16.6. The molecule has 0 saturated heterocycles. The number of carbonyl (C=O) groups is 2. The van der Waals surface area contributed by atoms with Gasteiger partial charge in [0.15, 0.2) is 0 Å².